The highest BCUT2D eigenvalue weighted by Crippen LogP contribution is 2.50. The Bertz CT molecular complexity index is 389. The monoisotopic (exact) mass is 232 g/mol. The molecule has 94 valence electrons. The molecular weight excluding hydrogens is 208 g/mol. The van der Waals surface area contributed by atoms with Crippen LogP contribution in [0.25, 0.3) is 0 Å². The molecule has 1 nitrogen and oxygen atoms in total. The van der Waals surface area contributed by atoms with E-state index in [1.54, 1.807) is 0 Å². The summed E-state index contributed by atoms with van der Waals surface area (Å²) >= 11 is 0. The molecular formula is C16H24O. The first-order valence-electron chi connectivity index (χ1n) is 6.84. The third-order valence-electron chi connectivity index (χ3n) is 4.73. The van der Waals surface area contributed by atoms with Crippen LogP contribution in [0.15, 0.2) is 18.2 Å². The van der Waals surface area contributed by atoms with Crippen LogP contribution in [0.1, 0.15) is 61.8 Å². The summed E-state index contributed by atoms with van der Waals surface area (Å²) in [5.41, 5.74) is 3.84. The first-order valence-corrected chi connectivity index (χ1v) is 6.84. The molecule has 0 aromatic heterocycles. The fourth-order valence-electron chi connectivity index (χ4n) is 3.19. The van der Waals surface area contributed by atoms with Crippen molar-refractivity contribution in [1.82, 2.24) is 0 Å². The molecule has 17 heavy (non-hydrogen) atoms. The van der Waals surface area contributed by atoms with Crippen molar-refractivity contribution >= 4 is 0 Å². The lowest BCUT2D eigenvalue weighted by molar-refractivity contribution is 0.0237. The Morgan fingerprint density at radius 2 is 1.82 bits per heavy atom. The van der Waals surface area contributed by atoms with Crippen molar-refractivity contribution in [2.45, 2.75) is 59.0 Å². The van der Waals surface area contributed by atoms with E-state index in [0.29, 0.717) is 0 Å². The molecule has 0 bridgehead atoms. The molecule has 1 fully saturated rings. The molecule has 1 aromatic rings. The van der Waals surface area contributed by atoms with Crippen LogP contribution in [0.2, 0.25) is 0 Å². The fraction of sp³-hybridized carbons (Fsp3) is 0.625. The normalized spacial score (nSPS) is 20.5. The van der Waals surface area contributed by atoms with Crippen molar-refractivity contribution in [3.8, 4) is 0 Å². The topological polar surface area (TPSA) is 20.2 Å². The number of aryl methyl sites for hydroxylation is 2. The van der Waals surface area contributed by atoms with Gasteiger partial charge in [0.15, 0.2) is 0 Å². The highest BCUT2D eigenvalue weighted by atomic mass is 16.3. The van der Waals surface area contributed by atoms with Gasteiger partial charge in [-0.25, -0.2) is 0 Å². The fourth-order valence-corrected chi connectivity index (χ4v) is 3.19. The van der Waals surface area contributed by atoms with Crippen LogP contribution in [0.4, 0.5) is 0 Å². The Kier molecular flexibility index (Phi) is 3.58. The molecule has 0 aliphatic heterocycles. The molecule has 1 unspecified atom stereocenters. The van der Waals surface area contributed by atoms with Gasteiger partial charge in [0.2, 0.25) is 0 Å². The number of aliphatic hydroxyl groups is 1. The average Bonchev–Trinajstić information content (AvgIpc) is 2.81. The summed E-state index contributed by atoms with van der Waals surface area (Å²) in [6.07, 6.45) is 5.70. The molecule has 0 saturated heterocycles. The number of hydrogen-bond donors (Lipinski definition) is 1. The van der Waals surface area contributed by atoms with E-state index >= 15 is 0 Å². The summed E-state index contributed by atoms with van der Waals surface area (Å²) in [4.78, 5) is 0. The van der Waals surface area contributed by atoms with Crippen LogP contribution in [-0.4, -0.2) is 5.11 Å². The number of rotatable bonds is 3. The van der Waals surface area contributed by atoms with Gasteiger partial charge in [-0.3, -0.25) is 0 Å². The minimum atomic E-state index is -0.283. The SMILES string of the molecule is CCC1(C(O)c2ccc(C)c(C)c2)CCCC1. The van der Waals surface area contributed by atoms with Gasteiger partial charge in [-0.05, 0) is 49.8 Å². The number of aliphatic hydroxyl groups excluding tert-OH is 1. The van der Waals surface area contributed by atoms with E-state index in [2.05, 4.69) is 39.0 Å². The highest BCUT2D eigenvalue weighted by Gasteiger charge is 2.39. The van der Waals surface area contributed by atoms with Crippen molar-refractivity contribution in [2.75, 3.05) is 0 Å². The maximum absolute atomic E-state index is 10.7. The molecule has 2 rings (SSSR count). The zero-order chi connectivity index (χ0) is 12.5. The summed E-state index contributed by atoms with van der Waals surface area (Å²) in [7, 11) is 0. The minimum Gasteiger partial charge on any atom is -0.388 e. The van der Waals surface area contributed by atoms with Gasteiger partial charge in [-0.1, -0.05) is 38.0 Å². The molecule has 0 radical (unpaired) electrons. The van der Waals surface area contributed by atoms with Crippen molar-refractivity contribution in [2.24, 2.45) is 5.41 Å². The van der Waals surface area contributed by atoms with Crippen LogP contribution < -0.4 is 0 Å². The lowest BCUT2D eigenvalue weighted by Crippen LogP contribution is -2.25. The van der Waals surface area contributed by atoms with Gasteiger partial charge in [0.1, 0.15) is 0 Å². The molecule has 1 aromatic carbocycles. The van der Waals surface area contributed by atoms with Gasteiger partial charge < -0.3 is 5.11 Å². The quantitative estimate of drug-likeness (QED) is 0.823. The standard InChI is InChI=1S/C16H24O/c1-4-16(9-5-6-10-16)15(17)14-8-7-12(2)13(3)11-14/h7-8,11,15,17H,4-6,9-10H2,1-3H3. The molecule has 1 aliphatic rings. The summed E-state index contributed by atoms with van der Waals surface area (Å²) in [5.74, 6) is 0. The second-order valence-corrected chi connectivity index (χ2v) is 5.67. The van der Waals surface area contributed by atoms with E-state index in [-0.39, 0.29) is 11.5 Å². The van der Waals surface area contributed by atoms with E-state index in [4.69, 9.17) is 0 Å². The van der Waals surface area contributed by atoms with Crippen LogP contribution >= 0.6 is 0 Å². The lowest BCUT2D eigenvalue weighted by Gasteiger charge is -2.33. The third-order valence-corrected chi connectivity index (χ3v) is 4.73. The average molecular weight is 232 g/mol. The Morgan fingerprint density at radius 1 is 1.18 bits per heavy atom. The molecule has 1 aliphatic carbocycles. The van der Waals surface area contributed by atoms with Gasteiger partial charge in [-0.15, -0.1) is 0 Å². The van der Waals surface area contributed by atoms with Crippen molar-refractivity contribution in [1.29, 1.82) is 0 Å². The van der Waals surface area contributed by atoms with Gasteiger partial charge >= 0.3 is 0 Å². The maximum Gasteiger partial charge on any atom is 0.0846 e. The molecule has 1 N–H and O–H groups in total. The van der Waals surface area contributed by atoms with Crippen LogP contribution in [-0.2, 0) is 0 Å². The second kappa shape index (κ2) is 4.81. The Morgan fingerprint density at radius 3 is 2.35 bits per heavy atom. The van der Waals surface area contributed by atoms with Crippen LogP contribution in [0.3, 0.4) is 0 Å². The first kappa shape index (κ1) is 12.6. The minimum absolute atomic E-state index is 0.141. The van der Waals surface area contributed by atoms with Crippen molar-refractivity contribution in [3.05, 3.63) is 34.9 Å². The lowest BCUT2D eigenvalue weighted by atomic mass is 9.75. The van der Waals surface area contributed by atoms with Crippen molar-refractivity contribution in [3.63, 3.8) is 0 Å². The smallest absolute Gasteiger partial charge is 0.0846 e. The van der Waals surface area contributed by atoms with Crippen LogP contribution in [0, 0.1) is 19.3 Å². The summed E-state index contributed by atoms with van der Waals surface area (Å²) in [6, 6.07) is 6.39. The van der Waals surface area contributed by atoms with Gasteiger partial charge in [0.25, 0.3) is 0 Å². The van der Waals surface area contributed by atoms with Gasteiger partial charge in [0, 0.05) is 5.41 Å². The molecule has 1 saturated carbocycles. The Labute approximate surface area is 105 Å². The zero-order valence-electron chi connectivity index (χ0n) is 11.3. The molecule has 0 spiro atoms. The van der Waals surface area contributed by atoms with E-state index in [1.165, 1.54) is 36.8 Å². The van der Waals surface area contributed by atoms with Crippen LogP contribution in [0.5, 0.6) is 0 Å². The van der Waals surface area contributed by atoms with E-state index < -0.39 is 0 Å². The predicted octanol–water partition coefficient (Wildman–Crippen LogP) is 4.31. The first-order chi connectivity index (χ1) is 8.09. The highest BCUT2D eigenvalue weighted by molar-refractivity contribution is 5.32. The van der Waals surface area contributed by atoms with Gasteiger partial charge in [0.05, 0.1) is 6.10 Å². The second-order valence-electron chi connectivity index (χ2n) is 5.67. The van der Waals surface area contributed by atoms with Crippen molar-refractivity contribution < 1.29 is 5.11 Å². The van der Waals surface area contributed by atoms with E-state index in [0.717, 1.165) is 12.0 Å². The summed E-state index contributed by atoms with van der Waals surface area (Å²) < 4.78 is 0. The predicted molar refractivity (Wildman–Crippen MR) is 72.1 cm³/mol. The summed E-state index contributed by atoms with van der Waals surface area (Å²) in [6.45, 7) is 6.46. The third kappa shape index (κ3) is 2.26. The number of benzene rings is 1. The molecule has 1 atom stereocenters. The summed E-state index contributed by atoms with van der Waals surface area (Å²) in [5, 5.41) is 10.7. The Hall–Kier alpha value is -0.820. The Balaban J connectivity index is 2.29. The van der Waals surface area contributed by atoms with E-state index in [1.807, 2.05) is 0 Å². The molecule has 0 amide bonds. The van der Waals surface area contributed by atoms with E-state index in [9.17, 15) is 5.11 Å². The maximum atomic E-state index is 10.7. The van der Waals surface area contributed by atoms with Gasteiger partial charge in [-0.2, -0.15) is 0 Å². The largest absolute Gasteiger partial charge is 0.388 e. The molecule has 1 heteroatoms. The number of hydrogen-bond acceptors (Lipinski definition) is 1. The molecule has 0 heterocycles. The zero-order valence-corrected chi connectivity index (χ0v) is 11.3.